The lowest BCUT2D eigenvalue weighted by atomic mass is 9.87. The van der Waals surface area contributed by atoms with E-state index >= 15 is 0 Å². The summed E-state index contributed by atoms with van der Waals surface area (Å²) in [6, 6.07) is 20.6. The number of nitrogens with zero attached hydrogens (tertiary/aromatic N) is 4. The maximum atomic E-state index is 11.6. The van der Waals surface area contributed by atoms with Gasteiger partial charge in [0.2, 0.25) is 9.60 Å². The smallest absolute Gasteiger partial charge is 0.306 e. The van der Waals surface area contributed by atoms with E-state index in [4.69, 9.17) is 0 Å². The van der Waals surface area contributed by atoms with Crippen LogP contribution in [0.3, 0.4) is 0 Å². The second kappa shape index (κ2) is 11.7. The van der Waals surface area contributed by atoms with Crippen molar-refractivity contribution in [3.63, 3.8) is 0 Å². The predicted molar refractivity (Wildman–Crippen MR) is 161 cm³/mol. The summed E-state index contributed by atoms with van der Waals surface area (Å²) < 4.78 is 38.2. The number of hydrogen-bond donors (Lipinski definition) is 2. The van der Waals surface area contributed by atoms with Crippen LogP contribution in [-0.2, 0) is 28.5 Å². The molecule has 0 aliphatic carbocycles. The van der Waals surface area contributed by atoms with Gasteiger partial charge in [0.25, 0.3) is 10.1 Å². The zero-order valence-electron chi connectivity index (χ0n) is 22.5. The molecule has 2 heterocycles. The fourth-order valence-electron chi connectivity index (χ4n) is 4.54. The first-order chi connectivity index (χ1) is 19.5. The van der Waals surface area contributed by atoms with Crippen LogP contribution in [0.2, 0.25) is 0 Å². The summed E-state index contributed by atoms with van der Waals surface area (Å²) in [7, 11) is -2.48. The number of para-hydroxylation sites is 1. The molecule has 0 fully saturated rings. The number of aryl methyl sites for hydroxylation is 1. The Kier molecular flexibility index (Phi) is 8.28. The second-order valence-corrected chi connectivity index (χ2v) is 13.0. The summed E-state index contributed by atoms with van der Waals surface area (Å²) in [4.78, 5) is 12.4. The van der Waals surface area contributed by atoms with Crippen molar-refractivity contribution in [2.24, 2.45) is 23.2 Å². The van der Waals surface area contributed by atoms with Crippen molar-refractivity contribution >= 4 is 59.2 Å². The number of aromatic nitrogens is 2. The Hall–Kier alpha value is -3.58. The number of carboxylic acids is 1. The fourth-order valence-corrected chi connectivity index (χ4v) is 7.11. The van der Waals surface area contributed by atoms with E-state index < -0.39 is 22.0 Å². The molecule has 0 aliphatic heterocycles. The summed E-state index contributed by atoms with van der Waals surface area (Å²) in [6.07, 6.45) is 3.82. The predicted octanol–water partition coefficient (Wildman–Crippen LogP) is 5.20. The van der Waals surface area contributed by atoms with Crippen molar-refractivity contribution < 1.29 is 22.9 Å². The Labute approximate surface area is 245 Å². The van der Waals surface area contributed by atoms with Crippen LogP contribution in [0.25, 0.3) is 20.4 Å². The van der Waals surface area contributed by atoms with Crippen LogP contribution in [0, 0.1) is 18.8 Å². The number of aliphatic carboxylic acids is 1. The third-order valence-electron chi connectivity index (χ3n) is 6.84. The van der Waals surface area contributed by atoms with Gasteiger partial charge in [0.1, 0.15) is 0 Å². The summed E-state index contributed by atoms with van der Waals surface area (Å²) in [5.41, 5.74) is 3.89. The normalized spacial score (nSPS) is 14.6. The molecule has 2 aromatic heterocycles. The number of rotatable bonds is 9. The lowest BCUT2D eigenvalue weighted by Crippen LogP contribution is -2.17. The van der Waals surface area contributed by atoms with Crippen LogP contribution >= 0.6 is 22.7 Å². The average Bonchev–Trinajstić information content (AvgIpc) is 3.46. The number of carboxylic acid groups (broad SMARTS) is 1. The zero-order chi connectivity index (χ0) is 29.3. The molecule has 5 rings (SSSR count). The molecular formula is C29H28N4O5S3. The molecular weight excluding hydrogens is 581 g/mol. The third kappa shape index (κ3) is 6.20. The van der Waals surface area contributed by atoms with Gasteiger partial charge in [0, 0.05) is 7.05 Å². The van der Waals surface area contributed by atoms with Gasteiger partial charge in [-0.25, -0.2) is 0 Å². The Morgan fingerprint density at radius 3 is 2.34 bits per heavy atom. The van der Waals surface area contributed by atoms with Crippen molar-refractivity contribution in [2.45, 2.75) is 31.2 Å². The van der Waals surface area contributed by atoms with Crippen LogP contribution in [0.4, 0.5) is 0 Å². The van der Waals surface area contributed by atoms with E-state index in [1.165, 1.54) is 34.8 Å². The van der Waals surface area contributed by atoms with Gasteiger partial charge in [-0.2, -0.15) is 8.42 Å². The number of hydrogen-bond acceptors (Lipinski definition) is 7. The van der Waals surface area contributed by atoms with Crippen molar-refractivity contribution in [3.8, 4) is 0 Å². The van der Waals surface area contributed by atoms with E-state index in [0.29, 0.717) is 20.8 Å². The van der Waals surface area contributed by atoms with E-state index in [2.05, 4.69) is 14.8 Å². The molecule has 12 heteroatoms. The molecule has 41 heavy (non-hydrogen) atoms. The lowest BCUT2D eigenvalue weighted by Gasteiger charge is -2.17. The van der Waals surface area contributed by atoms with Crippen LogP contribution < -0.4 is 9.60 Å². The highest BCUT2D eigenvalue weighted by atomic mass is 32.2. The SMILES string of the molecule is C[CH]C([CH]C(C)C(=O)O)c1ccc(Cn2c(=NN=c3sc4cc(S(=O)(=O)O)ccc4n3C)sc3ccccc32)cc1. The quantitative estimate of drug-likeness (QED) is 0.176. The van der Waals surface area contributed by atoms with E-state index in [0.717, 1.165) is 26.9 Å². The lowest BCUT2D eigenvalue weighted by molar-refractivity contribution is -0.140. The summed E-state index contributed by atoms with van der Waals surface area (Å²) in [5.74, 6) is -1.46. The molecule has 0 bridgehead atoms. The third-order valence-corrected chi connectivity index (χ3v) is 9.82. The molecule has 0 saturated heterocycles. The van der Waals surface area contributed by atoms with Crippen LogP contribution in [0.5, 0.6) is 0 Å². The van der Waals surface area contributed by atoms with Gasteiger partial charge in [0.05, 0.1) is 37.8 Å². The van der Waals surface area contributed by atoms with E-state index in [1.807, 2.05) is 79.9 Å². The Morgan fingerprint density at radius 1 is 0.976 bits per heavy atom. The minimum absolute atomic E-state index is 0.0650. The molecule has 2 N–H and O–H groups in total. The van der Waals surface area contributed by atoms with Gasteiger partial charge in [-0.3, -0.25) is 9.35 Å². The molecule has 212 valence electrons. The molecule has 3 aromatic carbocycles. The average molecular weight is 609 g/mol. The molecule has 2 radical (unpaired) electrons. The first-order valence-electron chi connectivity index (χ1n) is 12.7. The van der Waals surface area contributed by atoms with Crippen LogP contribution in [0.15, 0.2) is 81.8 Å². The van der Waals surface area contributed by atoms with Crippen molar-refractivity contribution in [3.05, 3.63) is 100 Å². The number of fused-ring (bicyclic) bond motifs is 2. The standard InChI is InChI=1S/C29H28N4O5S3/c1-4-20(15-18(2)27(34)35)21-11-9-19(10-12-21)17-33-24-7-5-6-8-25(24)39-29(33)31-30-28-32(3)23-14-13-22(41(36,37)38)16-26(23)40-28/h4-16,18,20H,17H2,1-3H3,(H,34,35)(H,36,37,38). The molecule has 2 unspecified atom stereocenters. The maximum Gasteiger partial charge on any atom is 0.306 e. The summed E-state index contributed by atoms with van der Waals surface area (Å²) in [6.45, 7) is 4.17. The minimum Gasteiger partial charge on any atom is -0.481 e. The second-order valence-electron chi connectivity index (χ2n) is 9.61. The fraction of sp³-hybridized carbons (Fsp3) is 0.207. The van der Waals surface area contributed by atoms with Gasteiger partial charge in [-0.05, 0) is 60.2 Å². The molecule has 5 aromatic rings. The monoisotopic (exact) mass is 608 g/mol. The van der Waals surface area contributed by atoms with Gasteiger partial charge < -0.3 is 14.2 Å². The summed E-state index contributed by atoms with van der Waals surface area (Å²) in [5, 5.41) is 18.4. The highest BCUT2D eigenvalue weighted by Gasteiger charge is 2.19. The first kappa shape index (κ1) is 28.9. The topological polar surface area (TPSA) is 126 Å². The molecule has 2 atom stereocenters. The highest BCUT2D eigenvalue weighted by Crippen LogP contribution is 2.27. The Bertz CT molecular complexity index is 1980. The van der Waals surface area contributed by atoms with Gasteiger partial charge in [-0.1, -0.05) is 72.9 Å². The van der Waals surface area contributed by atoms with E-state index in [9.17, 15) is 22.9 Å². The highest BCUT2D eigenvalue weighted by molar-refractivity contribution is 7.85. The molecule has 0 saturated carbocycles. The molecule has 9 nitrogen and oxygen atoms in total. The van der Waals surface area contributed by atoms with Gasteiger partial charge in [-0.15, -0.1) is 10.2 Å². The Balaban J connectivity index is 1.51. The largest absolute Gasteiger partial charge is 0.481 e. The number of thiazole rings is 2. The first-order valence-corrected chi connectivity index (χ1v) is 15.8. The van der Waals surface area contributed by atoms with Gasteiger partial charge in [0.15, 0.2) is 0 Å². The van der Waals surface area contributed by atoms with E-state index in [1.54, 1.807) is 13.0 Å². The van der Waals surface area contributed by atoms with E-state index in [-0.39, 0.29) is 10.8 Å². The van der Waals surface area contributed by atoms with Crippen molar-refractivity contribution in [1.29, 1.82) is 0 Å². The Morgan fingerprint density at radius 2 is 1.66 bits per heavy atom. The molecule has 0 spiro atoms. The summed E-state index contributed by atoms with van der Waals surface area (Å²) >= 11 is 2.80. The molecule has 0 amide bonds. The van der Waals surface area contributed by atoms with Crippen molar-refractivity contribution in [2.75, 3.05) is 0 Å². The van der Waals surface area contributed by atoms with Crippen LogP contribution in [0.1, 0.15) is 30.9 Å². The van der Waals surface area contributed by atoms with Crippen LogP contribution in [-0.4, -0.2) is 33.2 Å². The minimum atomic E-state index is -4.31. The zero-order valence-corrected chi connectivity index (χ0v) is 24.9. The maximum absolute atomic E-state index is 11.6. The van der Waals surface area contributed by atoms with Crippen molar-refractivity contribution in [1.82, 2.24) is 9.13 Å². The molecule has 0 aliphatic rings. The number of carbonyl (C=O) groups is 1. The number of benzene rings is 3. The van der Waals surface area contributed by atoms with Gasteiger partial charge >= 0.3 is 5.97 Å².